The second-order valence-electron chi connectivity index (χ2n) is 5.63. The van der Waals surface area contributed by atoms with E-state index in [1.165, 1.54) is 13.0 Å². The number of benzene rings is 1. The predicted octanol–water partition coefficient (Wildman–Crippen LogP) is 3.05. The molecule has 2 aromatic rings. The standard InChI is InChI=1S/C19H19ClN2O4/c1-3-26-10-6-9-22-18(24)14(11-21)12(2)16(19(22)25)17(23)13-7-4-5-8-15(13)20/h4-5,7-8,25H,3,6,9-10H2,1-2H3. The summed E-state index contributed by atoms with van der Waals surface area (Å²) < 4.78 is 6.27. The maximum absolute atomic E-state index is 12.9. The number of aromatic hydroxyl groups is 1. The van der Waals surface area contributed by atoms with E-state index in [1.54, 1.807) is 18.2 Å². The highest BCUT2D eigenvalue weighted by Gasteiger charge is 2.25. The number of halogens is 1. The van der Waals surface area contributed by atoms with Gasteiger partial charge in [0.15, 0.2) is 5.78 Å². The van der Waals surface area contributed by atoms with Gasteiger partial charge in [-0.15, -0.1) is 0 Å². The van der Waals surface area contributed by atoms with Crippen molar-refractivity contribution in [3.8, 4) is 11.9 Å². The molecule has 0 radical (unpaired) electrons. The smallest absolute Gasteiger partial charge is 0.271 e. The minimum absolute atomic E-state index is 0.0920. The Morgan fingerprint density at radius 3 is 2.69 bits per heavy atom. The van der Waals surface area contributed by atoms with Crippen molar-refractivity contribution >= 4 is 17.4 Å². The molecule has 2 rings (SSSR count). The van der Waals surface area contributed by atoms with E-state index in [0.717, 1.165) is 4.57 Å². The Bertz CT molecular complexity index is 928. The lowest BCUT2D eigenvalue weighted by molar-refractivity contribution is 0.103. The molecule has 0 unspecified atom stereocenters. The van der Waals surface area contributed by atoms with Gasteiger partial charge < -0.3 is 9.84 Å². The molecule has 7 heteroatoms. The Morgan fingerprint density at radius 1 is 1.38 bits per heavy atom. The third kappa shape index (κ3) is 3.79. The molecular weight excluding hydrogens is 356 g/mol. The lowest BCUT2D eigenvalue weighted by atomic mass is 9.97. The number of ether oxygens (including phenoxy) is 1. The molecule has 1 aromatic heterocycles. The van der Waals surface area contributed by atoms with Crippen LogP contribution in [0.2, 0.25) is 5.02 Å². The van der Waals surface area contributed by atoms with E-state index in [2.05, 4.69) is 0 Å². The Balaban J connectivity index is 2.59. The molecule has 1 heterocycles. The zero-order chi connectivity index (χ0) is 19.3. The molecule has 0 bridgehead atoms. The van der Waals surface area contributed by atoms with Crippen molar-refractivity contribution in [2.75, 3.05) is 13.2 Å². The predicted molar refractivity (Wildman–Crippen MR) is 97.8 cm³/mol. The second-order valence-corrected chi connectivity index (χ2v) is 6.03. The van der Waals surface area contributed by atoms with Gasteiger partial charge in [-0.05, 0) is 38.0 Å². The van der Waals surface area contributed by atoms with Gasteiger partial charge in [0.25, 0.3) is 5.56 Å². The van der Waals surface area contributed by atoms with E-state index in [-0.39, 0.29) is 33.8 Å². The highest BCUT2D eigenvalue weighted by Crippen LogP contribution is 2.27. The van der Waals surface area contributed by atoms with Crippen LogP contribution in [0.1, 0.15) is 40.4 Å². The summed E-state index contributed by atoms with van der Waals surface area (Å²) in [5.41, 5.74) is -0.563. The van der Waals surface area contributed by atoms with Crippen LogP contribution in [0.4, 0.5) is 0 Å². The molecule has 0 aliphatic carbocycles. The molecule has 0 fully saturated rings. The molecule has 1 aromatic carbocycles. The summed E-state index contributed by atoms with van der Waals surface area (Å²) in [4.78, 5) is 25.4. The quantitative estimate of drug-likeness (QED) is 0.594. The zero-order valence-corrected chi connectivity index (χ0v) is 15.3. The Kier molecular flexibility index (Phi) is 6.56. The number of pyridine rings is 1. The number of nitriles is 1. The monoisotopic (exact) mass is 374 g/mol. The summed E-state index contributed by atoms with van der Waals surface area (Å²) >= 11 is 6.08. The lowest BCUT2D eigenvalue weighted by Gasteiger charge is -2.16. The van der Waals surface area contributed by atoms with E-state index in [1.807, 2.05) is 13.0 Å². The number of hydrogen-bond donors (Lipinski definition) is 1. The van der Waals surface area contributed by atoms with Crippen molar-refractivity contribution in [3.63, 3.8) is 0 Å². The zero-order valence-electron chi connectivity index (χ0n) is 14.6. The van der Waals surface area contributed by atoms with Gasteiger partial charge in [0, 0.05) is 25.3 Å². The summed E-state index contributed by atoms with van der Waals surface area (Å²) in [6.07, 6.45) is 0.453. The van der Waals surface area contributed by atoms with E-state index in [0.29, 0.717) is 19.6 Å². The molecular formula is C19H19ClN2O4. The van der Waals surface area contributed by atoms with Gasteiger partial charge in [-0.1, -0.05) is 23.7 Å². The molecule has 0 aliphatic rings. The summed E-state index contributed by atoms with van der Waals surface area (Å²) in [6, 6.07) is 8.25. The van der Waals surface area contributed by atoms with Crippen LogP contribution in [-0.2, 0) is 11.3 Å². The van der Waals surface area contributed by atoms with Gasteiger partial charge in [0.1, 0.15) is 11.6 Å². The first-order valence-corrected chi connectivity index (χ1v) is 8.55. The van der Waals surface area contributed by atoms with Gasteiger partial charge in [0.2, 0.25) is 5.88 Å². The average Bonchev–Trinajstić information content (AvgIpc) is 2.61. The van der Waals surface area contributed by atoms with Crippen molar-refractivity contribution in [2.45, 2.75) is 26.8 Å². The van der Waals surface area contributed by atoms with Crippen molar-refractivity contribution in [2.24, 2.45) is 0 Å². The van der Waals surface area contributed by atoms with Crippen LogP contribution in [0, 0.1) is 18.3 Å². The van der Waals surface area contributed by atoms with Gasteiger partial charge in [-0.25, -0.2) is 0 Å². The fourth-order valence-electron chi connectivity index (χ4n) is 2.68. The number of hydrogen-bond acceptors (Lipinski definition) is 5. The Labute approximate surface area is 156 Å². The van der Waals surface area contributed by atoms with Gasteiger partial charge in [-0.2, -0.15) is 5.26 Å². The summed E-state index contributed by atoms with van der Waals surface area (Å²) in [5, 5.41) is 20.2. The molecule has 26 heavy (non-hydrogen) atoms. The van der Waals surface area contributed by atoms with Crippen molar-refractivity contribution < 1.29 is 14.6 Å². The van der Waals surface area contributed by atoms with Crippen molar-refractivity contribution in [1.29, 1.82) is 5.26 Å². The lowest BCUT2D eigenvalue weighted by Crippen LogP contribution is -2.27. The van der Waals surface area contributed by atoms with E-state index < -0.39 is 17.2 Å². The summed E-state index contributed by atoms with van der Waals surface area (Å²) in [5.74, 6) is -1.01. The van der Waals surface area contributed by atoms with Crippen LogP contribution < -0.4 is 5.56 Å². The summed E-state index contributed by atoms with van der Waals surface area (Å²) in [7, 11) is 0. The van der Waals surface area contributed by atoms with Crippen LogP contribution in [0.25, 0.3) is 0 Å². The number of aromatic nitrogens is 1. The molecule has 0 saturated carbocycles. The first-order valence-electron chi connectivity index (χ1n) is 8.17. The Morgan fingerprint density at radius 2 is 2.08 bits per heavy atom. The SMILES string of the molecule is CCOCCCn1c(O)c(C(=O)c2ccccc2Cl)c(C)c(C#N)c1=O. The third-order valence-corrected chi connectivity index (χ3v) is 4.35. The fourth-order valence-corrected chi connectivity index (χ4v) is 2.90. The van der Waals surface area contributed by atoms with Gasteiger partial charge in [0.05, 0.1) is 10.6 Å². The van der Waals surface area contributed by atoms with Crippen LogP contribution in [0.5, 0.6) is 5.88 Å². The van der Waals surface area contributed by atoms with Gasteiger partial charge in [-0.3, -0.25) is 14.2 Å². The van der Waals surface area contributed by atoms with E-state index in [4.69, 9.17) is 16.3 Å². The normalized spacial score (nSPS) is 10.5. The maximum atomic E-state index is 12.9. The molecule has 0 amide bonds. The number of carbonyl (C=O) groups is 1. The maximum Gasteiger partial charge on any atom is 0.271 e. The number of ketones is 1. The van der Waals surface area contributed by atoms with Crippen molar-refractivity contribution in [1.82, 2.24) is 4.57 Å². The second kappa shape index (κ2) is 8.65. The average molecular weight is 375 g/mol. The number of rotatable bonds is 7. The summed E-state index contributed by atoms with van der Waals surface area (Å²) in [6.45, 7) is 4.38. The molecule has 0 spiro atoms. The van der Waals surface area contributed by atoms with Gasteiger partial charge >= 0.3 is 0 Å². The highest BCUT2D eigenvalue weighted by molar-refractivity contribution is 6.35. The Hall–Kier alpha value is -2.62. The molecule has 136 valence electrons. The van der Waals surface area contributed by atoms with Crippen LogP contribution in [-0.4, -0.2) is 28.7 Å². The van der Waals surface area contributed by atoms with Crippen LogP contribution in [0.15, 0.2) is 29.1 Å². The third-order valence-electron chi connectivity index (χ3n) is 4.02. The minimum atomic E-state index is -0.630. The molecule has 6 nitrogen and oxygen atoms in total. The molecule has 1 N–H and O–H groups in total. The first kappa shape index (κ1) is 19.7. The van der Waals surface area contributed by atoms with E-state index in [9.17, 15) is 20.0 Å². The highest BCUT2D eigenvalue weighted by atomic mass is 35.5. The fraction of sp³-hybridized carbons (Fsp3) is 0.316. The minimum Gasteiger partial charge on any atom is -0.494 e. The number of carbonyl (C=O) groups excluding carboxylic acids is 1. The van der Waals surface area contributed by atoms with Crippen LogP contribution >= 0.6 is 11.6 Å². The van der Waals surface area contributed by atoms with Crippen molar-refractivity contribution in [3.05, 3.63) is 61.9 Å². The number of nitrogens with zero attached hydrogens (tertiary/aromatic N) is 2. The topological polar surface area (TPSA) is 92.3 Å². The molecule has 0 atom stereocenters. The molecule has 0 saturated heterocycles. The first-order chi connectivity index (χ1) is 12.4. The largest absolute Gasteiger partial charge is 0.494 e. The molecule has 0 aliphatic heterocycles. The van der Waals surface area contributed by atoms with Crippen LogP contribution in [0.3, 0.4) is 0 Å². The van der Waals surface area contributed by atoms with E-state index >= 15 is 0 Å².